The van der Waals surface area contributed by atoms with Gasteiger partial charge in [-0.2, -0.15) is 0 Å². The third-order valence-electron chi connectivity index (χ3n) is 10.4. The first-order valence-corrected chi connectivity index (χ1v) is 22.6. The van der Waals surface area contributed by atoms with E-state index in [2.05, 4.69) is 168 Å². The van der Waals surface area contributed by atoms with E-state index in [1.54, 1.807) is 17.7 Å². The molecule has 0 spiro atoms. The van der Waals surface area contributed by atoms with Crippen molar-refractivity contribution in [2.24, 2.45) is 0 Å². The van der Waals surface area contributed by atoms with Crippen molar-refractivity contribution in [3.8, 4) is 11.1 Å². The van der Waals surface area contributed by atoms with Gasteiger partial charge in [-0.15, -0.1) is 24.8 Å². The Morgan fingerprint density at radius 2 is 1.04 bits per heavy atom. The summed E-state index contributed by atoms with van der Waals surface area (Å²) in [6, 6.07) is 25.0. The number of hydrogen-bond donors (Lipinski definition) is 0. The Hall–Kier alpha value is -1.73. The standard InChI is InChI=1S/C29H41.C13H8Cl2.C5H5.2ClH.Zr/c1-26(2,3)22-14-18-13-19-15-23(27(4,5)6)25(29(10,11)12)17-21(19)20(18)16-24(22)28(7,8)9;14-12-5-1-10(2-6-12)9-11-3-7-13(15)8-4-11;1-2-4-5-3-1;;;/h14,16-17H,13H2,1-12H3;1-8H;1-3H,4H2;2*1H;. The molecule has 0 heterocycles. The largest absolute Gasteiger partial charge is 0.147 e. The van der Waals surface area contributed by atoms with E-state index in [0.717, 1.165) is 22.9 Å². The third-order valence-corrected chi connectivity index (χ3v) is 18.6. The van der Waals surface area contributed by atoms with E-state index >= 15 is 0 Å². The van der Waals surface area contributed by atoms with Crippen LogP contribution in [0, 0.1) is 0 Å². The summed E-state index contributed by atoms with van der Waals surface area (Å²) in [7, 11) is 0. The van der Waals surface area contributed by atoms with Gasteiger partial charge in [0.15, 0.2) is 0 Å². The molecule has 52 heavy (non-hydrogen) atoms. The zero-order valence-corrected chi connectivity index (χ0v) is 38.7. The van der Waals surface area contributed by atoms with E-state index in [-0.39, 0.29) is 46.5 Å². The molecule has 0 aliphatic heterocycles. The fraction of sp³-hybridized carbons (Fsp3) is 0.383. The van der Waals surface area contributed by atoms with Crippen LogP contribution < -0.4 is 3.27 Å². The smallest absolute Gasteiger partial charge is 0.147 e. The first-order valence-electron chi connectivity index (χ1n) is 18.2. The van der Waals surface area contributed by atoms with Crippen LogP contribution in [0.5, 0.6) is 0 Å². The summed E-state index contributed by atoms with van der Waals surface area (Å²) in [5.41, 5.74) is 14.4. The molecule has 0 unspecified atom stereocenters. The quantitative estimate of drug-likeness (QED) is 0.169. The summed E-state index contributed by atoms with van der Waals surface area (Å²) in [5.74, 6) is 0. The van der Waals surface area contributed by atoms with Gasteiger partial charge in [0.1, 0.15) is 0 Å². The Labute approximate surface area is 344 Å². The minimum absolute atomic E-state index is 0. The zero-order valence-electron chi connectivity index (χ0n) is 33.1. The second-order valence-electron chi connectivity index (χ2n) is 18.5. The first-order chi connectivity index (χ1) is 23.2. The maximum absolute atomic E-state index is 6.55. The SMILES string of the molecule is CC(C)(C)c1cc2c(cc1C(C)(C)C)-c1cc(C(C)(C)C)c(C(C)(C)C)[c]([Zr]([C]3=CC=CC3)=[C](c3ccc(Cl)cc3)c3ccc(Cl)cc3)c1C2.Cl.Cl. The Morgan fingerprint density at radius 3 is 1.46 bits per heavy atom. The summed E-state index contributed by atoms with van der Waals surface area (Å²) in [6.45, 7) is 28.8. The van der Waals surface area contributed by atoms with E-state index in [1.807, 2.05) is 0 Å². The third kappa shape index (κ3) is 8.41. The molecule has 0 atom stereocenters. The van der Waals surface area contributed by atoms with Crippen molar-refractivity contribution in [2.75, 3.05) is 0 Å². The Morgan fingerprint density at radius 1 is 0.577 bits per heavy atom. The van der Waals surface area contributed by atoms with Gasteiger partial charge >= 0.3 is 322 Å². The van der Waals surface area contributed by atoms with E-state index in [9.17, 15) is 0 Å². The van der Waals surface area contributed by atoms with Crippen LogP contribution in [0.2, 0.25) is 10.0 Å². The van der Waals surface area contributed by atoms with Gasteiger partial charge in [-0.05, 0) is 0 Å². The summed E-state index contributed by atoms with van der Waals surface area (Å²) in [5, 5.41) is 1.53. The molecule has 0 bridgehead atoms. The van der Waals surface area contributed by atoms with Crippen LogP contribution in [0.15, 0.2) is 88.2 Å². The molecule has 4 aromatic carbocycles. The van der Waals surface area contributed by atoms with Gasteiger partial charge in [-0.3, -0.25) is 0 Å². The minimum Gasteiger partial charge on any atom is -0.147 e. The van der Waals surface area contributed by atoms with E-state index in [1.165, 1.54) is 47.7 Å². The summed E-state index contributed by atoms with van der Waals surface area (Å²) in [4.78, 5) is 0. The van der Waals surface area contributed by atoms with Crippen molar-refractivity contribution < 1.29 is 21.3 Å². The molecule has 5 heteroatoms. The summed E-state index contributed by atoms with van der Waals surface area (Å²) >= 11 is 10.1. The molecule has 0 fully saturated rings. The van der Waals surface area contributed by atoms with Gasteiger partial charge in [0.2, 0.25) is 0 Å². The van der Waals surface area contributed by atoms with Gasteiger partial charge in [-0.25, -0.2) is 0 Å². The maximum Gasteiger partial charge on any atom is -0.147 e. The molecule has 276 valence electrons. The van der Waals surface area contributed by atoms with Crippen molar-refractivity contribution in [3.63, 3.8) is 0 Å². The van der Waals surface area contributed by atoms with Crippen molar-refractivity contribution >= 4 is 54.5 Å². The average molecular weight is 854 g/mol. The molecule has 0 saturated heterocycles. The Bertz CT molecular complexity index is 2020. The molecular formula is C47H56Cl4Zr. The zero-order chi connectivity index (χ0) is 36.6. The molecule has 0 radical (unpaired) electrons. The van der Waals surface area contributed by atoms with Crippen LogP contribution in [0.4, 0.5) is 0 Å². The number of halogens is 4. The Balaban J connectivity index is 0.00000302. The monoisotopic (exact) mass is 850 g/mol. The molecule has 6 rings (SSSR count). The first kappa shape index (κ1) is 43.0. The second-order valence-corrected chi connectivity index (χ2v) is 25.3. The van der Waals surface area contributed by atoms with Crippen LogP contribution in [0.3, 0.4) is 0 Å². The summed E-state index contributed by atoms with van der Waals surface area (Å²) < 4.78 is 4.78. The number of allylic oxidation sites excluding steroid dienone is 4. The fourth-order valence-corrected chi connectivity index (χ4v) is 17.3. The molecule has 0 aromatic heterocycles. The van der Waals surface area contributed by atoms with Crippen molar-refractivity contribution in [1.29, 1.82) is 0 Å². The molecule has 2 aliphatic carbocycles. The molecule has 0 saturated carbocycles. The van der Waals surface area contributed by atoms with Crippen LogP contribution >= 0.6 is 48.0 Å². The van der Waals surface area contributed by atoms with Crippen molar-refractivity contribution in [3.05, 3.63) is 143 Å². The maximum atomic E-state index is 6.55. The average Bonchev–Trinajstić information content (AvgIpc) is 3.66. The van der Waals surface area contributed by atoms with E-state index in [4.69, 9.17) is 23.2 Å². The number of fused-ring (bicyclic) bond motifs is 3. The van der Waals surface area contributed by atoms with Crippen molar-refractivity contribution in [2.45, 2.75) is 118 Å². The fourth-order valence-electron chi connectivity index (χ4n) is 8.03. The van der Waals surface area contributed by atoms with E-state index < -0.39 is 21.3 Å². The molecule has 0 N–H and O–H groups in total. The topological polar surface area (TPSA) is 0 Å². The van der Waals surface area contributed by atoms with Crippen molar-refractivity contribution in [1.82, 2.24) is 0 Å². The van der Waals surface area contributed by atoms with Gasteiger partial charge in [0, 0.05) is 0 Å². The normalized spacial score (nSPS) is 13.9. The van der Waals surface area contributed by atoms with Gasteiger partial charge < -0.3 is 0 Å². The second kappa shape index (κ2) is 15.4. The van der Waals surface area contributed by atoms with Crippen LogP contribution in [-0.2, 0) is 49.3 Å². The number of rotatable bonds is 4. The number of benzene rings is 4. The minimum atomic E-state index is -3.01. The molecule has 2 aliphatic rings. The molecule has 0 nitrogen and oxygen atoms in total. The van der Waals surface area contributed by atoms with E-state index in [0.29, 0.717) is 0 Å². The molecular weight excluding hydrogens is 798 g/mol. The van der Waals surface area contributed by atoms with Crippen LogP contribution in [0.25, 0.3) is 11.1 Å². The molecule has 0 amide bonds. The Kier molecular flexibility index (Phi) is 12.8. The summed E-state index contributed by atoms with van der Waals surface area (Å²) in [6.07, 6.45) is 9.09. The predicted octanol–water partition coefficient (Wildman–Crippen LogP) is 14.0. The van der Waals surface area contributed by atoms with Gasteiger partial charge in [0.25, 0.3) is 0 Å². The predicted molar refractivity (Wildman–Crippen MR) is 232 cm³/mol. The number of hydrogen-bond acceptors (Lipinski definition) is 0. The van der Waals surface area contributed by atoms with Gasteiger partial charge in [-0.1, -0.05) is 0 Å². The van der Waals surface area contributed by atoms with Crippen LogP contribution in [-0.4, -0.2) is 3.21 Å². The van der Waals surface area contributed by atoms with Gasteiger partial charge in [0.05, 0.1) is 0 Å². The van der Waals surface area contributed by atoms with Crippen LogP contribution in [0.1, 0.15) is 134 Å². The molecule has 4 aromatic rings.